The van der Waals surface area contributed by atoms with E-state index in [0.717, 1.165) is 6.61 Å². The molecule has 0 aliphatic carbocycles. The fourth-order valence-corrected chi connectivity index (χ4v) is 1.85. The van der Waals surface area contributed by atoms with Crippen LogP contribution in [0, 0.1) is 0 Å². The van der Waals surface area contributed by atoms with Gasteiger partial charge >= 0.3 is 0 Å². The molecule has 1 N–H and O–H groups in total. The standard InChI is InChI=1S/C10H20N2O2Si/c1-15(2,3)7-6-14-9-12-5-4-10(8-13)11-12/h4-5,13H,6-9H2,1-3H3. The highest BCUT2D eigenvalue weighted by atomic mass is 28.3. The van der Waals surface area contributed by atoms with E-state index in [0.29, 0.717) is 12.4 Å². The lowest BCUT2D eigenvalue weighted by molar-refractivity contribution is 0.0778. The summed E-state index contributed by atoms with van der Waals surface area (Å²) in [6.45, 7) is 8.24. The maximum Gasteiger partial charge on any atom is 0.139 e. The van der Waals surface area contributed by atoms with Gasteiger partial charge in [-0.15, -0.1) is 0 Å². The molecular formula is C10H20N2O2Si. The Morgan fingerprint density at radius 1 is 1.47 bits per heavy atom. The van der Waals surface area contributed by atoms with Gasteiger partial charge in [0.25, 0.3) is 0 Å². The molecule has 0 aliphatic rings. The molecule has 0 atom stereocenters. The molecule has 5 heteroatoms. The van der Waals surface area contributed by atoms with Gasteiger partial charge in [-0.25, -0.2) is 4.68 Å². The van der Waals surface area contributed by atoms with Gasteiger partial charge in [0.05, 0.1) is 12.3 Å². The zero-order valence-corrected chi connectivity index (χ0v) is 10.7. The van der Waals surface area contributed by atoms with Gasteiger partial charge in [-0.05, 0) is 12.1 Å². The molecule has 1 heterocycles. The lowest BCUT2D eigenvalue weighted by Crippen LogP contribution is -2.22. The van der Waals surface area contributed by atoms with Crippen LogP contribution in [0.25, 0.3) is 0 Å². The molecule has 0 aliphatic heterocycles. The molecule has 1 rings (SSSR count). The molecular weight excluding hydrogens is 208 g/mol. The number of nitrogens with zero attached hydrogens (tertiary/aromatic N) is 2. The highest BCUT2D eigenvalue weighted by molar-refractivity contribution is 6.76. The normalized spacial score (nSPS) is 12.0. The third-order valence-corrected chi connectivity index (χ3v) is 3.78. The first kappa shape index (κ1) is 12.4. The summed E-state index contributed by atoms with van der Waals surface area (Å²) in [6.07, 6.45) is 1.82. The zero-order chi connectivity index (χ0) is 11.3. The number of ether oxygens (including phenoxy) is 1. The van der Waals surface area contributed by atoms with Crippen LogP contribution in [0.2, 0.25) is 25.7 Å². The highest BCUT2D eigenvalue weighted by Crippen LogP contribution is 2.07. The molecule has 0 saturated carbocycles. The molecule has 15 heavy (non-hydrogen) atoms. The maximum absolute atomic E-state index is 8.82. The molecule has 86 valence electrons. The van der Waals surface area contributed by atoms with Crippen molar-refractivity contribution in [2.75, 3.05) is 6.61 Å². The van der Waals surface area contributed by atoms with Crippen molar-refractivity contribution in [2.45, 2.75) is 39.0 Å². The molecule has 1 aromatic rings. The van der Waals surface area contributed by atoms with Crippen molar-refractivity contribution in [3.63, 3.8) is 0 Å². The van der Waals surface area contributed by atoms with E-state index in [9.17, 15) is 0 Å². The molecule has 0 radical (unpaired) electrons. The number of aliphatic hydroxyl groups is 1. The zero-order valence-electron chi connectivity index (χ0n) is 9.73. The Morgan fingerprint density at radius 2 is 2.20 bits per heavy atom. The van der Waals surface area contributed by atoms with E-state index in [-0.39, 0.29) is 6.61 Å². The number of hydrogen-bond donors (Lipinski definition) is 1. The van der Waals surface area contributed by atoms with Crippen LogP contribution in [0.1, 0.15) is 5.69 Å². The average molecular weight is 228 g/mol. The second-order valence-electron chi connectivity index (χ2n) is 4.85. The lowest BCUT2D eigenvalue weighted by atomic mass is 10.5. The molecule has 0 spiro atoms. The van der Waals surface area contributed by atoms with Crippen molar-refractivity contribution in [3.8, 4) is 0 Å². The molecule has 0 fully saturated rings. The van der Waals surface area contributed by atoms with Crippen LogP contribution in [-0.2, 0) is 18.1 Å². The predicted octanol–water partition coefficient (Wildman–Crippen LogP) is 1.69. The Hall–Kier alpha value is -0.653. The van der Waals surface area contributed by atoms with Crippen LogP contribution >= 0.6 is 0 Å². The lowest BCUT2D eigenvalue weighted by Gasteiger charge is -2.15. The van der Waals surface area contributed by atoms with Gasteiger partial charge in [-0.2, -0.15) is 5.10 Å². The number of aromatic nitrogens is 2. The van der Waals surface area contributed by atoms with Crippen LogP contribution in [0.5, 0.6) is 0 Å². The van der Waals surface area contributed by atoms with Crippen LogP contribution in [0.4, 0.5) is 0 Å². The summed E-state index contributed by atoms with van der Waals surface area (Å²) in [5.41, 5.74) is 0.684. The molecule has 0 unspecified atom stereocenters. The van der Waals surface area contributed by atoms with Gasteiger partial charge in [0.1, 0.15) is 6.73 Å². The maximum atomic E-state index is 8.82. The molecule has 0 saturated heterocycles. The number of hydrogen-bond acceptors (Lipinski definition) is 3. The predicted molar refractivity (Wildman–Crippen MR) is 62.3 cm³/mol. The van der Waals surface area contributed by atoms with Crippen molar-refractivity contribution in [3.05, 3.63) is 18.0 Å². The minimum Gasteiger partial charge on any atom is -0.390 e. The summed E-state index contributed by atoms with van der Waals surface area (Å²) < 4.78 is 7.21. The number of aliphatic hydroxyl groups excluding tert-OH is 1. The van der Waals surface area contributed by atoms with Crippen molar-refractivity contribution >= 4 is 8.07 Å². The van der Waals surface area contributed by atoms with E-state index >= 15 is 0 Å². The number of rotatable bonds is 6. The molecule has 0 amide bonds. The summed E-state index contributed by atoms with van der Waals surface area (Å²) in [4.78, 5) is 0. The Morgan fingerprint density at radius 3 is 2.73 bits per heavy atom. The van der Waals surface area contributed by atoms with E-state index in [4.69, 9.17) is 9.84 Å². The van der Waals surface area contributed by atoms with E-state index < -0.39 is 8.07 Å². The van der Waals surface area contributed by atoms with E-state index in [1.165, 1.54) is 6.04 Å². The second-order valence-corrected chi connectivity index (χ2v) is 10.5. The van der Waals surface area contributed by atoms with Crippen LogP contribution in [-0.4, -0.2) is 29.6 Å². The fraction of sp³-hybridized carbons (Fsp3) is 0.700. The minimum absolute atomic E-state index is 0.0120. The van der Waals surface area contributed by atoms with Gasteiger partial charge < -0.3 is 9.84 Å². The van der Waals surface area contributed by atoms with Crippen molar-refractivity contribution < 1.29 is 9.84 Å². The van der Waals surface area contributed by atoms with E-state index in [1.807, 2.05) is 6.20 Å². The molecule has 0 bridgehead atoms. The van der Waals surface area contributed by atoms with Crippen molar-refractivity contribution in [1.29, 1.82) is 0 Å². The van der Waals surface area contributed by atoms with Crippen LogP contribution < -0.4 is 0 Å². The third-order valence-electron chi connectivity index (χ3n) is 2.08. The average Bonchev–Trinajstić information content (AvgIpc) is 2.59. The highest BCUT2D eigenvalue weighted by Gasteiger charge is 2.11. The Labute approximate surface area is 91.9 Å². The quantitative estimate of drug-likeness (QED) is 0.595. The molecule has 4 nitrogen and oxygen atoms in total. The fourth-order valence-electron chi connectivity index (χ4n) is 1.10. The van der Waals surface area contributed by atoms with Gasteiger partial charge in [0.15, 0.2) is 0 Å². The monoisotopic (exact) mass is 228 g/mol. The van der Waals surface area contributed by atoms with Gasteiger partial charge in [0.2, 0.25) is 0 Å². The summed E-state index contributed by atoms with van der Waals surface area (Å²) in [5.74, 6) is 0. The first-order valence-electron chi connectivity index (χ1n) is 5.22. The second kappa shape index (κ2) is 5.44. The van der Waals surface area contributed by atoms with Crippen LogP contribution in [0.3, 0.4) is 0 Å². The summed E-state index contributed by atoms with van der Waals surface area (Å²) in [5, 5.41) is 12.9. The SMILES string of the molecule is C[Si](C)(C)CCOCn1ccc(CO)n1. The smallest absolute Gasteiger partial charge is 0.139 e. The largest absolute Gasteiger partial charge is 0.390 e. The Kier molecular flexibility index (Phi) is 4.50. The van der Waals surface area contributed by atoms with Gasteiger partial charge in [0, 0.05) is 20.9 Å². The van der Waals surface area contributed by atoms with Crippen molar-refractivity contribution in [1.82, 2.24) is 9.78 Å². The third kappa shape index (κ3) is 5.11. The van der Waals surface area contributed by atoms with E-state index in [1.54, 1.807) is 10.7 Å². The van der Waals surface area contributed by atoms with Crippen molar-refractivity contribution in [2.24, 2.45) is 0 Å². The van der Waals surface area contributed by atoms with Gasteiger partial charge in [-0.1, -0.05) is 19.6 Å². The summed E-state index contributed by atoms with van der Waals surface area (Å²) in [7, 11) is -0.992. The first-order chi connectivity index (χ1) is 7.01. The summed E-state index contributed by atoms with van der Waals surface area (Å²) in [6, 6.07) is 2.96. The Bertz CT molecular complexity index is 294. The summed E-state index contributed by atoms with van der Waals surface area (Å²) >= 11 is 0. The molecule has 0 aromatic carbocycles. The topological polar surface area (TPSA) is 47.3 Å². The Balaban J connectivity index is 2.20. The first-order valence-corrected chi connectivity index (χ1v) is 8.93. The van der Waals surface area contributed by atoms with Crippen LogP contribution in [0.15, 0.2) is 12.3 Å². The van der Waals surface area contributed by atoms with E-state index in [2.05, 4.69) is 24.7 Å². The molecule has 1 aromatic heterocycles. The minimum atomic E-state index is -0.992. The van der Waals surface area contributed by atoms with Gasteiger partial charge in [-0.3, -0.25) is 0 Å².